The van der Waals surface area contributed by atoms with Gasteiger partial charge in [0.15, 0.2) is 0 Å². The number of aliphatic imine (C=N–C) groups is 1. The second kappa shape index (κ2) is 6.70. The molecule has 0 heterocycles. The van der Waals surface area contributed by atoms with Gasteiger partial charge in [0.2, 0.25) is 0 Å². The van der Waals surface area contributed by atoms with Gasteiger partial charge in [-0.1, -0.05) is 29.3 Å². The van der Waals surface area contributed by atoms with E-state index in [1.165, 1.54) is 0 Å². The molecule has 0 amide bonds. The summed E-state index contributed by atoms with van der Waals surface area (Å²) in [5, 5.41) is 0.896. The van der Waals surface area contributed by atoms with E-state index in [0.717, 1.165) is 0 Å². The molecule has 0 bridgehead atoms. The quantitative estimate of drug-likeness (QED) is 0.286. The molecule has 3 N–H and O–H groups in total. The average Bonchev–Trinajstić information content (AvgIpc) is 2.29. The van der Waals surface area contributed by atoms with E-state index in [2.05, 4.69) is 10.4 Å². The highest BCUT2D eigenvalue weighted by Gasteiger charge is 2.09. The van der Waals surface area contributed by atoms with Gasteiger partial charge in [-0.2, -0.15) is 0 Å². The van der Waals surface area contributed by atoms with Crippen molar-refractivity contribution in [3.05, 3.63) is 33.8 Å². The Labute approximate surface area is 104 Å². The second-order valence-corrected chi connectivity index (χ2v) is 3.75. The number of hydrogen-bond acceptors (Lipinski definition) is 3. The lowest BCUT2D eigenvalue weighted by Gasteiger charge is -2.08. The zero-order valence-corrected chi connectivity index (χ0v) is 10.3. The zero-order valence-electron chi connectivity index (χ0n) is 8.84. The summed E-state index contributed by atoms with van der Waals surface area (Å²) in [7, 11) is 1.61. The van der Waals surface area contributed by atoms with Crippen LogP contribution in [-0.2, 0) is 4.74 Å². The van der Waals surface area contributed by atoms with E-state index in [1.807, 2.05) is 0 Å². The molecule has 0 aliphatic rings. The molecule has 0 atom stereocenters. The molecule has 0 fully saturated rings. The fourth-order valence-corrected chi connectivity index (χ4v) is 1.53. The Morgan fingerprint density at radius 2 is 2.25 bits per heavy atom. The van der Waals surface area contributed by atoms with Gasteiger partial charge in [0.25, 0.3) is 0 Å². The fourth-order valence-electron chi connectivity index (χ4n) is 1.14. The zero-order chi connectivity index (χ0) is 12.0. The van der Waals surface area contributed by atoms with Crippen molar-refractivity contribution >= 4 is 29.0 Å². The van der Waals surface area contributed by atoms with E-state index in [-0.39, 0.29) is 0 Å². The van der Waals surface area contributed by atoms with Crippen molar-refractivity contribution in [2.45, 2.75) is 0 Å². The van der Waals surface area contributed by atoms with Crippen LogP contribution in [0.15, 0.2) is 23.2 Å². The average molecular weight is 262 g/mol. The molecule has 88 valence electrons. The van der Waals surface area contributed by atoms with Crippen molar-refractivity contribution in [2.24, 2.45) is 10.8 Å². The number of nitrogens with one attached hydrogen (secondary N) is 1. The van der Waals surface area contributed by atoms with Gasteiger partial charge >= 0.3 is 0 Å². The minimum Gasteiger partial charge on any atom is -0.383 e. The number of methoxy groups -OCH3 is 1. The van der Waals surface area contributed by atoms with E-state index in [4.69, 9.17) is 33.8 Å². The number of amidine groups is 1. The predicted octanol–water partition coefficient (Wildman–Crippen LogP) is 1.85. The third-order valence-corrected chi connectivity index (χ3v) is 2.73. The number of hydrazine groups is 1. The summed E-state index contributed by atoms with van der Waals surface area (Å²) >= 11 is 11.9. The first-order valence-electron chi connectivity index (χ1n) is 4.65. The smallest absolute Gasteiger partial charge is 0.144 e. The summed E-state index contributed by atoms with van der Waals surface area (Å²) in [6, 6.07) is 5.28. The Kier molecular flexibility index (Phi) is 5.55. The first kappa shape index (κ1) is 13.3. The molecule has 1 rings (SSSR count). The maximum atomic E-state index is 6.04. The molecule has 6 heteroatoms. The standard InChI is InChI=1S/C10H13Cl2N3O/c1-16-6-5-14-10(15-13)7-3-2-4-8(11)9(7)12/h2-4H,5-6,13H2,1H3,(H,14,15). The number of ether oxygens (including phenoxy) is 1. The van der Waals surface area contributed by atoms with Gasteiger partial charge in [0.05, 0.1) is 23.2 Å². The van der Waals surface area contributed by atoms with E-state index >= 15 is 0 Å². The molecule has 0 saturated carbocycles. The maximum absolute atomic E-state index is 6.04. The van der Waals surface area contributed by atoms with Crippen molar-refractivity contribution in [3.8, 4) is 0 Å². The van der Waals surface area contributed by atoms with Gasteiger partial charge in [0, 0.05) is 12.7 Å². The number of rotatable bonds is 4. The number of benzene rings is 1. The fraction of sp³-hybridized carbons (Fsp3) is 0.300. The molecule has 0 spiro atoms. The van der Waals surface area contributed by atoms with Crippen molar-refractivity contribution in [1.82, 2.24) is 5.43 Å². The minimum atomic E-state index is 0.429. The summed E-state index contributed by atoms with van der Waals surface area (Å²) in [5.41, 5.74) is 3.17. The summed E-state index contributed by atoms with van der Waals surface area (Å²) in [6.07, 6.45) is 0. The Hall–Kier alpha value is -0.810. The molecule has 0 radical (unpaired) electrons. The van der Waals surface area contributed by atoms with Crippen LogP contribution < -0.4 is 11.3 Å². The van der Waals surface area contributed by atoms with E-state index in [9.17, 15) is 0 Å². The lowest BCUT2D eigenvalue weighted by molar-refractivity contribution is 0.208. The highest BCUT2D eigenvalue weighted by molar-refractivity contribution is 6.44. The molecule has 0 unspecified atom stereocenters. The molecule has 1 aromatic carbocycles. The van der Waals surface area contributed by atoms with Crippen LogP contribution in [0.3, 0.4) is 0 Å². The second-order valence-electron chi connectivity index (χ2n) is 2.97. The molecule has 0 aromatic heterocycles. The highest BCUT2D eigenvalue weighted by atomic mass is 35.5. The molecular formula is C10H13Cl2N3O. The summed E-state index contributed by atoms with van der Waals surface area (Å²) < 4.78 is 4.89. The van der Waals surface area contributed by atoms with Crippen LogP contribution in [0.1, 0.15) is 5.56 Å². The maximum Gasteiger partial charge on any atom is 0.144 e. The van der Waals surface area contributed by atoms with Crippen molar-refractivity contribution in [3.63, 3.8) is 0 Å². The normalized spacial score (nSPS) is 11.6. The van der Waals surface area contributed by atoms with Crippen molar-refractivity contribution in [1.29, 1.82) is 0 Å². The van der Waals surface area contributed by atoms with Crippen molar-refractivity contribution < 1.29 is 4.74 Å². The Bertz CT molecular complexity index is 382. The molecule has 0 saturated heterocycles. The molecular weight excluding hydrogens is 249 g/mol. The molecule has 16 heavy (non-hydrogen) atoms. The van der Waals surface area contributed by atoms with E-state index in [0.29, 0.717) is 34.6 Å². The van der Waals surface area contributed by atoms with Crippen LogP contribution in [0.5, 0.6) is 0 Å². The Morgan fingerprint density at radius 3 is 2.88 bits per heavy atom. The SMILES string of the molecule is COCCN=C(NN)c1cccc(Cl)c1Cl. The van der Waals surface area contributed by atoms with Crippen molar-refractivity contribution in [2.75, 3.05) is 20.3 Å². The van der Waals surface area contributed by atoms with Gasteiger partial charge in [-0.15, -0.1) is 0 Å². The first-order chi connectivity index (χ1) is 7.70. The number of halogens is 2. The third-order valence-electron chi connectivity index (χ3n) is 1.91. The summed E-state index contributed by atoms with van der Waals surface area (Å²) in [6.45, 7) is 1.02. The lowest BCUT2D eigenvalue weighted by Crippen LogP contribution is -2.31. The highest BCUT2D eigenvalue weighted by Crippen LogP contribution is 2.25. The Morgan fingerprint density at radius 1 is 1.50 bits per heavy atom. The number of nitrogens with two attached hydrogens (primary N) is 1. The Balaban J connectivity index is 2.95. The van der Waals surface area contributed by atoms with Crippen LogP contribution >= 0.6 is 23.2 Å². The topological polar surface area (TPSA) is 59.6 Å². The number of nitrogens with zero attached hydrogens (tertiary/aromatic N) is 1. The largest absolute Gasteiger partial charge is 0.383 e. The van der Waals surface area contributed by atoms with Gasteiger partial charge in [-0.05, 0) is 12.1 Å². The van der Waals surface area contributed by atoms with E-state index < -0.39 is 0 Å². The number of hydrogen-bond donors (Lipinski definition) is 2. The molecule has 0 aliphatic heterocycles. The summed E-state index contributed by atoms with van der Waals surface area (Å²) in [4.78, 5) is 4.22. The van der Waals surface area contributed by atoms with Gasteiger partial charge in [-0.25, -0.2) is 5.84 Å². The molecule has 1 aromatic rings. The third kappa shape index (κ3) is 3.35. The lowest BCUT2D eigenvalue weighted by atomic mass is 10.2. The van der Waals surface area contributed by atoms with Crippen LogP contribution in [0.25, 0.3) is 0 Å². The minimum absolute atomic E-state index is 0.429. The van der Waals surface area contributed by atoms with Gasteiger partial charge in [-0.3, -0.25) is 4.99 Å². The van der Waals surface area contributed by atoms with Crippen LogP contribution in [0.2, 0.25) is 10.0 Å². The van der Waals surface area contributed by atoms with Gasteiger partial charge < -0.3 is 10.2 Å². The molecule has 0 aliphatic carbocycles. The van der Waals surface area contributed by atoms with Crippen LogP contribution in [0.4, 0.5) is 0 Å². The van der Waals surface area contributed by atoms with E-state index in [1.54, 1.807) is 25.3 Å². The van der Waals surface area contributed by atoms with Crippen LogP contribution in [0, 0.1) is 0 Å². The first-order valence-corrected chi connectivity index (χ1v) is 5.40. The predicted molar refractivity (Wildman–Crippen MR) is 67.1 cm³/mol. The van der Waals surface area contributed by atoms with Crippen LogP contribution in [-0.4, -0.2) is 26.1 Å². The monoisotopic (exact) mass is 261 g/mol. The molecule has 4 nitrogen and oxygen atoms in total. The van der Waals surface area contributed by atoms with Gasteiger partial charge in [0.1, 0.15) is 5.84 Å². The summed E-state index contributed by atoms with van der Waals surface area (Å²) in [5.74, 6) is 5.87.